The molecular formula is C11H17N2O8P. The molecule has 0 aliphatic rings. The standard InChI is InChI=1S/C7H6NO5P.C4H11NO3/c8-5-12-6-1-3-7(4-2-6)13-14(9,10)11;5-4(1-6,2-7)3-8/h1-4H,(H2,9,10,11);6-8H,1-3,5H2. The number of phosphoric acid groups is 1. The number of aliphatic hydroxyl groups excluding tert-OH is 3. The van der Waals surface area contributed by atoms with E-state index in [9.17, 15) is 4.57 Å². The van der Waals surface area contributed by atoms with Crippen molar-refractivity contribution in [2.45, 2.75) is 5.54 Å². The third kappa shape index (κ3) is 8.56. The van der Waals surface area contributed by atoms with Crippen molar-refractivity contribution in [3.63, 3.8) is 0 Å². The molecule has 124 valence electrons. The summed E-state index contributed by atoms with van der Waals surface area (Å²) in [6.45, 7) is -1.21. The highest BCUT2D eigenvalue weighted by Gasteiger charge is 2.20. The molecule has 1 rings (SSSR count). The first-order valence-electron chi connectivity index (χ1n) is 5.72. The number of aliphatic hydroxyl groups is 3. The van der Waals surface area contributed by atoms with Gasteiger partial charge in [-0.15, -0.1) is 5.26 Å². The zero-order valence-electron chi connectivity index (χ0n) is 11.4. The average molecular weight is 336 g/mol. The summed E-state index contributed by atoms with van der Waals surface area (Å²) in [6.07, 6.45) is 1.46. The Morgan fingerprint density at radius 3 is 1.77 bits per heavy atom. The zero-order valence-corrected chi connectivity index (χ0v) is 12.3. The van der Waals surface area contributed by atoms with Crippen LogP contribution in [-0.2, 0) is 4.57 Å². The van der Waals surface area contributed by atoms with Crippen LogP contribution in [0.25, 0.3) is 0 Å². The molecular weight excluding hydrogens is 319 g/mol. The van der Waals surface area contributed by atoms with Crippen molar-refractivity contribution in [1.29, 1.82) is 5.26 Å². The second-order valence-electron chi connectivity index (χ2n) is 4.08. The number of nitrogens with two attached hydrogens (primary N) is 1. The molecule has 0 amide bonds. The molecule has 0 unspecified atom stereocenters. The summed E-state index contributed by atoms with van der Waals surface area (Å²) in [4.78, 5) is 16.9. The van der Waals surface area contributed by atoms with Crippen LogP contribution in [0.15, 0.2) is 24.3 Å². The van der Waals surface area contributed by atoms with Gasteiger partial charge in [-0.05, 0) is 24.3 Å². The highest BCUT2D eigenvalue weighted by Crippen LogP contribution is 2.37. The molecule has 0 spiro atoms. The minimum absolute atomic E-state index is 0.00335. The van der Waals surface area contributed by atoms with Crippen molar-refractivity contribution >= 4 is 7.82 Å². The van der Waals surface area contributed by atoms with E-state index in [1.54, 1.807) is 0 Å². The highest BCUT2D eigenvalue weighted by atomic mass is 31.2. The summed E-state index contributed by atoms with van der Waals surface area (Å²) in [5.41, 5.74) is 3.94. The van der Waals surface area contributed by atoms with Crippen molar-refractivity contribution < 1.29 is 38.9 Å². The fourth-order valence-electron chi connectivity index (χ4n) is 0.909. The Bertz CT molecular complexity index is 512. The maximum absolute atomic E-state index is 10.4. The Labute approximate surface area is 126 Å². The third-order valence-electron chi connectivity index (χ3n) is 2.16. The van der Waals surface area contributed by atoms with Crippen LogP contribution >= 0.6 is 7.82 Å². The van der Waals surface area contributed by atoms with E-state index in [0.29, 0.717) is 0 Å². The summed E-state index contributed by atoms with van der Waals surface area (Å²) in [6, 6.07) is 5.28. The van der Waals surface area contributed by atoms with E-state index in [-0.39, 0.29) is 11.5 Å². The number of rotatable bonds is 6. The van der Waals surface area contributed by atoms with Crippen LogP contribution in [0, 0.1) is 11.5 Å². The van der Waals surface area contributed by atoms with Gasteiger partial charge in [0.1, 0.15) is 11.5 Å². The lowest BCUT2D eigenvalue weighted by Gasteiger charge is -2.20. The van der Waals surface area contributed by atoms with Crippen LogP contribution in [0.4, 0.5) is 0 Å². The summed E-state index contributed by atoms with van der Waals surface area (Å²) in [5, 5.41) is 33.2. The highest BCUT2D eigenvalue weighted by molar-refractivity contribution is 7.46. The van der Waals surface area contributed by atoms with E-state index in [4.69, 9.17) is 36.1 Å². The van der Waals surface area contributed by atoms with Gasteiger partial charge in [-0.1, -0.05) is 0 Å². The predicted octanol–water partition coefficient (Wildman–Crippen LogP) is -1.32. The number of benzene rings is 1. The monoisotopic (exact) mass is 336 g/mol. The second kappa shape index (κ2) is 9.34. The van der Waals surface area contributed by atoms with Crippen LogP contribution in [0.2, 0.25) is 0 Å². The Balaban J connectivity index is 0.000000472. The largest absolute Gasteiger partial charge is 0.524 e. The molecule has 0 bridgehead atoms. The van der Waals surface area contributed by atoms with E-state index in [0.717, 1.165) is 0 Å². The maximum Gasteiger partial charge on any atom is 0.524 e. The van der Waals surface area contributed by atoms with Crippen LogP contribution < -0.4 is 15.0 Å². The van der Waals surface area contributed by atoms with Crippen molar-refractivity contribution in [3.8, 4) is 17.8 Å². The average Bonchev–Trinajstić information content (AvgIpc) is 2.48. The molecule has 22 heavy (non-hydrogen) atoms. The first kappa shape index (κ1) is 20.3. The van der Waals surface area contributed by atoms with Gasteiger partial charge < -0.3 is 30.3 Å². The molecule has 7 N–H and O–H groups in total. The Morgan fingerprint density at radius 1 is 1.09 bits per heavy atom. The topological polar surface area (TPSA) is 186 Å². The Hall–Kier alpha value is -1.70. The molecule has 11 heteroatoms. The van der Waals surface area contributed by atoms with Gasteiger partial charge in [-0.25, -0.2) is 4.57 Å². The van der Waals surface area contributed by atoms with Crippen LogP contribution in [-0.4, -0.2) is 50.5 Å². The zero-order chi connectivity index (χ0) is 17.2. The second-order valence-corrected chi connectivity index (χ2v) is 5.25. The third-order valence-corrected chi connectivity index (χ3v) is 2.60. The molecule has 0 saturated heterocycles. The van der Waals surface area contributed by atoms with Crippen LogP contribution in [0.1, 0.15) is 0 Å². The fraction of sp³-hybridized carbons (Fsp3) is 0.364. The minimum atomic E-state index is -4.52. The molecule has 0 saturated carbocycles. The van der Waals surface area contributed by atoms with E-state index < -0.39 is 33.2 Å². The SMILES string of the molecule is N#COc1ccc(OP(=O)(O)O)cc1.NC(CO)(CO)CO. The number of nitrogens with zero attached hydrogens (tertiary/aromatic N) is 1. The normalized spacial score (nSPS) is 11.0. The lowest BCUT2D eigenvalue weighted by atomic mass is 10.1. The molecule has 1 aromatic carbocycles. The van der Waals surface area contributed by atoms with Crippen LogP contribution in [0.3, 0.4) is 0 Å². The molecule has 0 heterocycles. The lowest BCUT2D eigenvalue weighted by Crippen LogP contribution is -2.50. The van der Waals surface area contributed by atoms with E-state index in [1.807, 2.05) is 0 Å². The summed E-state index contributed by atoms with van der Waals surface area (Å²) < 4.78 is 19.1. The predicted molar refractivity (Wildman–Crippen MR) is 73.5 cm³/mol. The number of phosphoric ester groups is 1. The van der Waals surface area contributed by atoms with Gasteiger partial charge in [-0.2, -0.15) is 0 Å². The van der Waals surface area contributed by atoms with Crippen molar-refractivity contribution in [2.75, 3.05) is 19.8 Å². The molecule has 0 radical (unpaired) electrons. The van der Waals surface area contributed by atoms with Gasteiger partial charge in [-0.3, -0.25) is 9.79 Å². The quantitative estimate of drug-likeness (QED) is 0.268. The number of nitriles is 1. The van der Waals surface area contributed by atoms with Gasteiger partial charge in [0.2, 0.25) is 0 Å². The Morgan fingerprint density at radius 2 is 1.50 bits per heavy atom. The van der Waals surface area contributed by atoms with E-state index >= 15 is 0 Å². The van der Waals surface area contributed by atoms with Gasteiger partial charge in [0.05, 0.1) is 25.4 Å². The summed E-state index contributed by atoms with van der Waals surface area (Å²) in [7, 11) is -4.52. The summed E-state index contributed by atoms with van der Waals surface area (Å²) in [5.74, 6) is 0.272. The molecule has 0 atom stereocenters. The molecule has 0 aromatic heterocycles. The van der Waals surface area contributed by atoms with E-state index in [2.05, 4.69) is 9.26 Å². The van der Waals surface area contributed by atoms with Crippen molar-refractivity contribution in [3.05, 3.63) is 24.3 Å². The molecule has 10 nitrogen and oxygen atoms in total. The molecule has 0 aliphatic heterocycles. The van der Waals surface area contributed by atoms with E-state index in [1.165, 1.54) is 30.5 Å². The first-order chi connectivity index (χ1) is 10.2. The number of hydrogen-bond donors (Lipinski definition) is 6. The number of hydrogen-bond acceptors (Lipinski definition) is 8. The van der Waals surface area contributed by atoms with Gasteiger partial charge >= 0.3 is 7.82 Å². The molecule has 0 aliphatic carbocycles. The Kier molecular flexibility index (Phi) is 8.62. The molecule has 0 fully saturated rings. The van der Waals surface area contributed by atoms with Crippen molar-refractivity contribution in [2.24, 2.45) is 5.73 Å². The molecule has 1 aromatic rings. The van der Waals surface area contributed by atoms with Gasteiger partial charge in [0.25, 0.3) is 6.26 Å². The smallest absolute Gasteiger partial charge is 0.404 e. The number of ether oxygens (including phenoxy) is 1. The maximum atomic E-state index is 10.4. The lowest BCUT2D eigenvalue weighted by molar-refractivity contribution is 0.0697. The van der Waals surface area contributed by atoms with Gasteiger partial charge in [0, 0.05) is 0 Å². The summed E-state index contributed by atoms with van der Waals surface area (Å²) >= 11 is 0. The first-order valence-corrected chi connectivity index (χ1v) is 7.25. The van der Waals surface area contributed by atoms with Gasteiger partial charge in [0.15, 0.2) is 0 Å². The van der Waals surface area contributed by atoms with Crippen LogP contribution in [0.5, 0.6) is 11.5 Å². The van der Waals surface area contributed by atoms with Crippen molar-refractivity contribution in [1.82, 2.24) is 0 Å². The fourth-order valence-corrected chi connectivity index (χ4v) is 1.30. The minimum Gasteiger partial charge on any atom is -0.404 e.